The molecule has 0 amide bonds. The zero-order valence-electron chi connectivity index (χ0n) is 13.0. The summed E-state index contributed by atoms with van der Waals surface area (Å²) in [6.45, 7) is 12.1. The molecule has 0 spiro atoms. The van der Waals surface area contributed by atoms with Crippen LogP contribution in [0.4, 0.5) is 0 Å². The van der Waals surface area contributed by atoms with Gasteiger partial charge in [-0.3, -0.25) is 0 Å². The van der Waals surface area contributed by atoms with Crippen LogP contribution in [-0.2, 0) is 4.74 Å². The molecule has 0 atom stereocenters. The lowest BCUT2D eigenvalue weighted by molar-refractivity contribution is 0.00632. The van der Waals surface area contributed by atoms with Gasteiger partial charge in [0, 0.05) is 25.3 Å². The Morgan fingerprint density at radius 3 is 2.28 bits per heavy atom. The van der Waals surface area contributed by atoms with Gasteiger partial charge >= 0.3 is 0 Å². The minimum Gasteiger partial charge on any atom is -0.381 e. The van der Waals surface area contributed by atoms with Gasteiger partial charge in [0.15, 0.2) is 0 Å². The Morgan fingerprint density at radius 2 is 1.72 bits per heavy atom. The molecule has 1 rings (SSSR count). The van der Waals surface area contributed by atoms with Crippen molar-refractivity contribution in [2.24, 2.45) is 5.41 Å². The maximum Gasteiger partial charge on any atom is 0.0471 e. The van der Waals surface area contributed by atoms with E-state index in [1.54, 1.807) is 0 Å². The largest absolute Gasteiger partial charge is 0.381 e. The highest BCUT2D eigenvalue weighted by atomic mass is 16.5. The summed E-state index contributed by atoms with van der Waals surface area (Å²) in [6.07, 6.45) is 9.35. The first-order valence-corrected chi connectivity index (χ1v) is 7.80. The highest BCUT2D eigenvalue weighted by molar-refractivity contribution is 4.86. The average molecular weight is 255 g/mol. The Balaban J connectivity index is 2.41. The van der Waals surface area contributed by atoms with Gasteiger partial charge in [0.2, 0.25) is 0 Å². The number of hydrogen-bond acceptors (Lipinski definition) is 2. The van der Waals surface area contributed by atoms with Crippen molar-refractivity contribution in [2.75, 3.05) is 19.8 Å². The van der Waals surface area contributed by atoms with Crippen molar-refractivity contribution in [1.82, 2.24) is 5.32 Å². The van der Waals surface area contributed by atoms with Crippen LogP contribution in [0.3, 0.4) is 0 Å². The smallest absolute Gasteiger partial charge is 0.0471 e. The summed E-state index contributed by atoms with van der Waals surface area (Å²) >= 11 is 0. The molecule has 1 aliphatic heterocycles. The molecule has 2 nitrogen and oxygen atoms in total. The van der Waals surface area contributed by atoms with Crippen LogP contribution in [0.1, 0.15) is 72.6 Å². The minimum atomic E-state index is 0.231. The second-order valence-electron chi connectivity index (χ2n) is 7.03. The van der Waals surface area contributed by atoms with E-state index in [2.05, 4.69) is 33.0 Å². The van der Waals surface area contributed by atoms with Crippen LogP contribution in [0, 0.1) is 5.41 Å². The van der Waals surface area contributed by atoms with E-state index < -0.39 is 0 Å². The molecule has 1 aliphatic rings. The first-order chi connectivity index (χ1) is 8.47. The van der Waals surface area contributed by atoms with E-state index in [1.165, 1.54) is 44.9 Å². The Labute approximate surface area is 114 Å². The van der Waals surface area contributed by atoms with Crippen molar-refractivity contribution in [1.29, 1.82) is 0 Å². The molecular weight excluding hydrogens is 222 g/mol. The maximum atomic E-state index is 5.56. The topological polar surface area (TPSA) is 21.3 Å². The van der Waals surface area contributed by atoms with E-state index in [0.29, 0.717) is 5.41 Å². The molecule has 0 saturated carbocycles. The molecule has 18 heavy (non-hydrogen) atoms. The SMILES string of the molecule is CCCCCCC1(CNC(C)(C)C)CCOCC1. The molecular formula is C16H33NO. The van der Waals surface area contributed by atoms with Crippen LogP contribution < -0.4 is 5.32 Å². The Bertz CT molecular complexity index is 214. The van der Waals surface area contributed by atoms with Gasteiger partial charge in [0.1, 0.15) is 0 Å². The normalized spacial score (nSPS) is 20.0. The second kappa shape index (κ2) is 7.49. The molecule has 0 unspecified atom stereocenters. The zero-order chi connectivity index (χ0) is 13.5. The van der Waals surface area contributed by atoms with Crippen LogP contribution in [0.2, 0.25) is 0 Å². The van der Waals surface area contributed by atoms with Crippen LogP contribution in [0.5, 0.6) is 0 Å². The highest BCUT2D eigenvalue weighted by Gasteiger charge is 2.32. The van der Waals surface area contributed by atoms with Crippen LogP contribution >= 0.6 is 0 Å². The van der Waals surface area contributed by atoms with Crippen molar-refractivity contribution in [2.45, 2.75) is 78.2 Å². The van der Waals surface area contributed by atoms with E-state index in [4.69, 9.17) is 4.74 Å². The number of ether oxygens (including phenoxy) is 1. The van der Waals surface area contributed by atoms with Gasteiger partial charge in [-0.2, -0.15) is 0 Å². The van der Waals surface area contributed by atoms with Gasteiger partial charge in [-0.1, -0.05) is 32.6 Å². The van der Waals surface area contributed by atoms with Gasteiger partial charge in [-0.15, -0.1) is 0 Å². The fourth-order valence-electron chi connectivity index (χ4n) is 2.70. The average Bonchev–Trinajstić information content (AvgIpc) is 2.33. The van der Waals surface area contributed by atoms with Gasteiger partial charge in [-0.05, 0) is 45.4 Å². The number of hydrogen-bond donors (Lipinski definition) is 1. The predicted molar refractivity (Wildman–Crippen MR) is 79.0 cm³/mol. The van der Waals surface area contributed by atoms with Crippen molar-refractivity contribution >= 4 is 0 Å². The number of rotatable bonds is 7. The third-order valence-electron chi connectivity index (χ3n) is 4.11. The summed E-state index contributed by atoms with van der Waals surface area (Å²) in [5.41, 5.74) is 0.730. The van der Waals surface area contributed by atoms with Crippen LogP contribution in [-0.4, -0.2) is 25.3 Å². The third-order valence-corrected chi connectivity index (χ3v) is 4.11. The van der Waals surface area contributed by atoms with Crippen LogP contribution in [0.15, 0.2) is 0 Å². The van der Waals surface area contributed by atoms with Gasteiger partial charge in [0.05, 0.1) is 0 Å². The Kier molecular flexibility index (Phi) is 6.65. The van der Waals surface area contributed by atoms with Gasteiger partial charge in [-0.25, -0.2) is 0 Å². The van der Waals surface area contributed by atoms with Crippen molar-refractivity contribution in [3.05, 3.63) is 0 Å². The lowest BCUT2D eigenvalue weighted by Crippen LogP contribution is -2.46. The number of unbranched alkanes of at least 4 members (excludes halogenated alkanes) is 3. The van der Waals surface area contributed by atoms with Crippen molar-refractivity contribution < 1.29 is 4.74 Å². The highest BCUT2D eigenvalue weighted by Crippen LogP contribution is 2.36. The monoisotopic (exact) mass is 255 g/mol. The molecule has 0 aromatic rings. The summed E-state index contributed by atoms with van der Waals surface area (Å²) in [5, 5.41) is 3.72. The quantitative estimate of drug-likeness (QED) is 0.690. The molecule has 1 fully saturated rings. The van der Waals surface area contributed by atoms with Crippen LogP contribution in [0.25, 0.3) is 0 Å². The Hall–Kier alpha value is -0.0800. The van der Waals surface area contributed by atoms with Gasteiger partial charge in [0.25, 0.3) is 0 Å². The number of nitrogens with one attached hydrogen (secondary N) is 1. The molecule has 108 valence electrons. The first-order valence-electron chi connectivity index (χ1n) is 7.80. The summed E-state index contributed by atoms with van der Waals surface area (Å²) in [5.74, 6) is 0. The van der Waals surface area contributed by atoms with E-state index in [9.17, 15) is 0 Å². The molecule has 0 radical (unpaired) electrons. The lowest BCUT2D eigenvalue weighted by Gasteiger charge is -2.40. The van der Waals surface area contributed by atoms with E-state index in [-0.39, 0.29) is 5.54 Å². The van der Waals surface area contributed by atoms with E-state index >= 15 is 0 Å². The molecule has 0 aliphatic carbocycles. The maximum absolute atomic E-state index is 5.56. The summed E-state index contributed by atoms with van der Waals surface area (Å²) < 4.78 is 5.56. The molecule has 1 heterocycles. The fraction of sp³-hybridized carbons (Fsp3) is 1.00. The summed E-state index contributed by atoms with van der Waals surface area (Å²) in [7, 11) is 0. The molecule has 0 bridgehead atoms. The molecule has 1 N–H and O–H groups in total. The van der Waals surface area contributed by atoms with Gasteiger partial charge < -0.3 is 10.1 Å². The second-order valence-corrected chi connectivity index (χ2v) is 7.03. The Morgan fingerprint density at radius 1 is 1.06 bits per heavy atom. The van der Waals surface area contributed by atoms with E-state index in [0.717, 1.165) is 19.8 Å². The molecule has 0 aromatic carbocycles. The lowest BCUT2D eigenvalue weighted by atomic mass is 9.75. The third kappa shape index (κ3) is 6.19. The van der Waals surface area contributed by atoms with Crippen molar-refractivity contribution in [3.8, 4) is 0 Å². The predicted octanol–water partition coefficient (Wildman–Crippen LogP) is 4.14. The summed E-state index contributed by atoms with van der Waals surface area (Å²) in [4.78, 5) is 0. The molecule has 1 saturated heterocycles. The zero-order valence-corrected chi connectivity index (χ0v) is 13.0. The molecule has 2 heteroatoms. The standard InChI is InChI=1S/C16H33NO/c1-5-6-7-8-9-16(10-12-18-13-11-16)14-17-15(2,3)4/h17H,5-14H2,1-4H3. The van der Waals surface area contributed by atoms with E-state index in [1.807, 2.05) is 0 Å². The fourth-order valence-corrected chi connectivity index (χ4v) is 2.70. The minimum absolute atomic E-state index is 0.231. The summed E-state index contributed by atoms with van der Waals surface area (Å²) in [6, 6.07) is 0. The molecule has 0 aromatic heterocycles. The van der Waals surface area contributed by atoms with Crippen molar-refractivity contribution in [3.63, 3.8) is 0 Å². The first kappa shape index (κ1) is 16.0.